The quantitative estimate of drug-likeness (QED) is 0.773. The van der Waals surface area contributed by atoms with Crippen molar-refractivity contribution in [3.8, 4) is 0 Å². The summed E-state index contributed by atoms with van der Waals surface area (Å²) < 4.78 is 14.0. The molecule has 0 fully saturated rings. The summed E-state index contributed by atoms with van der Waals surface area (Å²) in [6, 6.07) is 8.44. The Morgan fingerprint density at radius 1 is 1.21 bits per heavy atom. The van der Waals surface area contributed by atoms with Crippen LogP contribution in [0, 0.1) is 5.82 Å². The fourth-order valence-electron chi connectivity index (χ4n) is 1.72. The van der Waals surface area contributed by atoms with Crippen LogP contribution in [0.15, 0.2) is 47.4 Å². The Balaban J connectivity index is 1.89. The Morgan fingerprint density at radius 3 is 2.63 bits per heavy atom. The monoisotopic (exact) mass is 260 g/mol. The van der Waals surface area contributed by atoms with Crippen molar-refractivity contribution < 1.29 is 9.18 Å². The van der Waals surface area contributed by atoms with E-state index in [9.17, 15) is 14.0 Å². The zero-order valence-corrected chi connectivity index (χ0v) is 10.3. The average Bonchev–Trinajstić information content (AvgIpc) is 2.41. The zero-order valence-electron chi connectivity index (χ0n) is 10.3. The van der Waals surface area contributed by atoms with E-state index in [1.54, 1.807) is 6.07 Å². The lowest BCUT2D eigenvalue weighted by Crippen LogP contribution is -2.21. The van der Waals surface area contributed by atoms with E-state index >= 15 is 0 Å². The van der Waals surface area contributed by atoms with Gasteiger partial charge in [-0.3, -0.25) is 9.59 Å². The highest BCUT2D eigenvalue weighted by Crippen LogP contribution is 2.07. The molecular formula is C14H13FN2O2. The van der Waals surface area contributed by atoms with Gasteiger partial charge in [-0.05, 0) is 36.8 Å². The van der Waals surface area contributed by atoms with E-state index in [1.165, 1.54) is 41.2 Å². The number of aromatic nitrogens is 2. The highest BCUT2D eigenvalue weighted by molar-refractivity contribution is 5.95. The molecule has 0 aliphatic carbocycles. The number of hydrogen-bond acceptors (Lipinski definition) is 3. The summed E-state index contributed by atoms with van der Waals surface area (Å²) in [7, 11) is 0. The van der Waals surface area contributed by atoms with Crippen LogP contribution in [0.4, 0.5) is 4.39 Å². The van der Waals surface area contributed by atoms with Crippen molar-refractivity contribution in [2.24, 2.45) is 0 Å². The Labute approximate surface area is 109 Å². The van der Waals surface area contributed by atoms with Crippen LogP contribution in [0.2, 0.25) is 0 Å². The third-order valence-electron chi connectivity index (χ3n) is 2.73. The third-order valence-corrected chi connectivity index (χ3v) is 2.73. The lowest BCUT2D eigenvalue weighted by Gasteiger charge is -2.03. The molecule has 0 aliphatic heterocycles. The smallest absolute Gasteiger partial charge is 0.266 e. The molecule has 1 aromatic carbocycles. The minimum atomic E-state index is -0.364. The number of carbonyl (C=O) groups excluding carboxylic acids is 1. The van der Waals surface area contributed by atoms with Gasteiger partial charge in [-0.25, -0.2) is 9.07 Å². The molecule has 0 bridgehead atoms. The summed E-state index contributed by atoms with van der Waals surface area (Å²) in [6.45, 7) is 0.395. The predicted octanol–water partition coefficient (Wildman–Crippen LogP) is 2.05. The maximum absolute atomic E-state index is 12.7. The van der Waals surface area contributed by atoms with Crippen molar-refractivity contribution in [3.05, 3.63) is 64.3 Å². The van der Waals surface area contributed by atoms with Gasteiger partial charge in [0.25, 0.3) is 5.56 Å². The second-order valence-electron chi connectivity index (χ2n) is 4.12. The van der Waals surface area contributed by atoms with Gasteiger partial charge >= 0.3 is 0 Å². The maximum atomic E-state index is 12.7. The number of nitrogens with zero attached hydrogens (tertiary/aromatic N) is 2. The van der Waals surface area contributed by atoms with Gasteiger partial charge in [0.2, 0.25) is 0 Å². The molecule has 4 nitrogen and oxygen atoms in total. The minimum absolute atomic E-state index is 0.0658. The van der Waals surface area contributed by atoms with E-state index in [0.717, 1.165) is 0 Å². The molecule has 0 saturated carbocycles. The molecule has 0 atom stereocenters. The molecule has 0 radical (unpaired) electrons. The molecule has 2 rings (SSSR count). The van der Waals surface area contributed by atoms with Crippen molar-refractivity contribution in [1.82, 2.24) is 9.78 Å². The van der Waals surface area contributed by atoms with Crippen LogP contribution in [0.1, 0.15) is 23.2 Å². The first-order chi connectivity index (χ1) is 9.16. The summed E-state index contributed by atoms with van der Waals surface area (Å²) in [4.78, 5) is 23.2. The van der Waals surface area contributed by atoms with Gasteiger partial charge in [0.1, 0.15) is 5.82 Å². The summed E-state index contributed by atoms with van der Waals surface area (Å²) in [5.74, 6) is -0.430. The lowest BCUT2D eigenvalue weighted by molar-refractivity contribution is 0.0978. The number of ketones is 1. The number of halogens is 1. The molecule has 0 saturated heterocycles. The number of hydrogen-bond donors (Lipinski definition) is 0. The Morgan fingerprint density at radius 2 is 1.95 bits per heavy atom. The molecule has 19 heavy (non-hydrogen) atoms. The SMILES string of the molecule is O=C(CCCn1ncccc1=O)c1ccc(F)cc1. The van der Waals surface area contributed by atoms with Crippen LogP contribution < -0.4 is 5.56 Å². The van der Waals surface area contributed by atoms with Gasteiger partial charge < -0.3 is 0 Å². The van der Waals surface area contributed by atoms with Crippen molar-refractivity contribution in [2.45, 2.75) is 19.4 Å². The highest BCUT2D eigenvalue weighted by atomic mass is 19.1. The topological polar surface area (TPSA) is 52.0 Å². The molecular weight excluding hydrogens is 247 g/mol. The number of Topliss-reactive ketones (excluding diaryl/α,β-unsaturated/α-hetero) is 1. The summed E-state index contributed by atoms with van der Waals surface area (Å²) >= 11 is 0. The average molecular weight is 260 g/mol. The maximum Gasteiger partial charge on any atom is 0.266 e. The molecule has 0 aliphatic rings. The molecule has 0 amide bonds. The number of aryl methyl sites for hydroxylation is 1. The van der Waals surface area contributed by atoms with Crippen LogP contribution in [0.5, 0.6) is 0 Å². The third kappa shape index (κ3) is 3.58. The van der Waals surface area contributed by atoms with Crippen LogP contribution in [-0.4, -0.2) is 15.6 Å². The van der Waals surface area contributed by atoms with Gasteiger partial charge in [-0.1, -0.05) is 0 Å². The van der Waals surface area contributed by atoms with E-state index in [4.69, 9.17) is 0 Å². The molecule has 1 heterocycles. The first-order valence-corrected chi connectivity index (χ1v) is 5.98. The predicted molar refractivity (Wildman–Crippen MR) is 68.5 cm³/mol. The van der Waals surface area contributed by atoms with Gasteiger partial charge in [-0.2, -0.15) is 5.10 Å². The Kier molecular flexibility index (Phi) is 4.18. The van der Waals surface area contributed by atoms with Crippen LogP contribution in [0.25, 0.3) is 0 Å². The summed E-state index contributed by atoms with van der Waals surface area (Å²) in [5.41, 5.74) is 0.298. The minimum Gasteiger partial charge on any atom is -0.294 e. The fraction of sp³-hybridized carbons (Fsp3) is 0.214. The van der Waals surface area contributed by atoms with E-state index in [-0.39, 0.29) is 17.2 Å². The highest BCUT2D eigenvalue weighted by Gasteiger charge is 2.06. The lowest BCUT2D eigenvalue weighted by atomic mass is 10.1. The van der Waals surface area contributed by atoms with Crippen molar-refractivity contribution >= 4 is 5.78 Å². The van der Waals surface area contributed by atoms with Gasteiger partial charge in [-0.15, -0.1) is 0 Å². The number of carbonyl (C=O) groups is 1. The molecule has 1 aromatic heterocycles. The van der Waals surface area contributed by atoms with E-state index in [2.05, 4.69) is 5.10 Å². The van der Waals surface area contributed by atoms with Crippen molar-refractivity contribution in [2.75, 3.05) is 0 Å². The van der Waals surface area contributed by atoms with Crippen molar-refractivity contribution in [3.63, 3.8) is 0 Å². The normalized spacial score (nSPS) is 10.4. The fourth-order valence-corrected chi connectivity index (χ4v) is 1.72. The Bertz CT molecular complexity index is 620. The van der Waals surface area contributed by atoms with E-state index in [1.807, 2.05) is 0 Å². The first-order valence-electron chi connectivity index (χ1n) is 5.98. The molecule has 98 valence electrons. The van der Waals surface area contributed by atoms with Crippen LogP contribution in [0.3, 0.4) is 0 Å². The molecule has 0 spiro atoms. The van der Waals surface area contributed by atoms with Crippen LogP contribution in [-0.2, 0) is 6.54 Å². The zero-order chi connectivity index (χ0) is 13.7. The second kappa shape index (κ2) is 6.04. The summed E-state index contributed by atoms with van der Waals surface area (Å²) in [6.07, 6.45) is 2.35. The van der Waals surface area contributed by atoms with Crippen molar-refractivity contribution in [1.29, 1.82) is 0 Å². The van der Waals surface area contributed by atoms with E-state index < -0.39 is 0 Å². The summed E-state index contributed by atoms with van der Waals surface area (Å²) in [5, 5.41) is 3.90. The van der Waals surface area contributed by atoms with Crippen LogP contribution >= 0.6 is 0 Å². The Hall–Kier alpha value is -2.30. The second-order valence-corrected chi connectivity index (χ2v) is 4.12. The molecule has 0 N–H and O–H groups in total. The molecule has 2 aromatic rings. The molecule has 0 unspecified atom stereocenters. The van der Waals surface area contributed by atoms with E-state index in [0.29, 0.717) is 24.9 Å². The van der Waals surface area contributed by atoms with Gasteiger partial charge in [0, 0.05) is 30.8 Å². The first kappa shape index (κ1) is 13.1. The van der Waals surface area contributed by atoms with Gasteiger partial charge in [0.15, 0.2) is 5.78 Å². The molecule has 5 heteroatoms. The largest absolute Gasteiger partial charge is 0.294 e. The number of benzene rings is 1. The standard InChI is InChI=1S/C14H13FN2O2/c15-12-7-5-11(6-8-12)13(18)3-2-10-17-14(19)4-1-9-16-17/h1,4-9H,2-3,10H2. The van der Waals surface area contributed by atoms with Gasteiger partial charge in [0.05, 0.1) is 0 Å². The number of rotatable bonds is 5.